The number of hydrogen-bond acceptors (Lipinski definition) is 2. The summed E-state index contributed by atoms with van der Waals surface area (Å²) >= 11 is 0. The minimum Gasteiger partial charge on any atom is -0.395 e. The summed E-state index contributed by atoms with van der Waals surface area (Å²) in [5.74, 6) is 6.83. The lowest BCUT2D eigenvalue weighted by molar-refractivity contribution is 0.0887. The van der Waals surface area contributed by atoms with Gasteiger partial charge in [0.05, 0.1) is 13.2 Å². The van der Waals surface area contributed by atoms with Gasteiger partial charge in [-0.1, -0.05) is 42.9 Å². The highest BCUT2D eigenvalue weighted by atomic mass is 16.5. The zero-order valence-corrected chi connectivity index (χ0v) is 11.4. The number of rotatable bonds is 5. The second-order valence-corrected chi connectivity index (χ2v) is 5.10. The molecular weight excluding hydrogens is 236 g/mol. The van der Waals surface area contributed by atoms with Crippen LogP contribution in [-0.4, -0.2) is 18.3 Å². The van der Waals surface area contributed by atoms with Crippen LogP contribution in [0.4, 0.5) is 0 Å². The maximum absolute atomic E-state index is 8.75. The van der Waals surface area contributed by atoms with Gasteiger partial charge in [-0.05, 0) is 30.4 Å². The topological polar surface area (TPSA) is 29.5 Å². The van der Waals surface area contributed by atoms with Gasteiger partial charge in [0.15, 0.2) is 0 Å². The Hall–Kier alpha value is -1.30. The highest BCUT2D eigenvalue weighted by Gasteiger charge is 2.14. The maximum atomic E-state index is 8.75. The first-order valence-corrected chi connectivity index (χ1v) is 7.15. The molecule has 102 valence electrons. The smallest absolute Gasteiger partial charge is 0.0729 e. The summed E-state index contributed by atoms with van der Waals surface area (Å²) in [4.78, 5) is 0. The minimum absolute atomic E-state index is 0.118. The highest BCUT2D eigenvalue weighted by Crippen LogP contribution is 2.25. The standard InChI is InChI=1S/C17H22O2/c18-12-6-5-10-16-9-3-4-11-17(16)14-19-13-15-7-1-2-8-15/h3-4,9,11,15,18H,1-2,6-8,12-14H2. The third kappa shape index (κ3) is 4.70. The Morgan fingerprint density at radius 1 is 1.21 bits per heavy atom. The number of aliphatic hydroxyl groups is 1. The molecule has 2 heteroatoms. The fourth-order valence-corrected chi connectivity index (χ4v) is 2.49. The summed E-state index contributed by atoms with van der Waals surface area (Å²) < 4.78 is 5.83. The van der Waals surface area contributed by atoms with Crippen molar-refractivity contribution in [2.75, 3.05) is 13.2 Å². The van der Waals surface area contributed by atoms with Gasteiger partial charge in [-0.2, -0.15) is 0 Å². The Morgan fingerprint density at radius 2 is 2.00 bits per heavy atom. The van der Waals surface area contributed by atoms with Crippen molar-refractivity contribution in [1.29, 1.82) is 0 Å². The predicted octanol–water partition coefficient (Wildman–Crippen LogP) is 3.13. The third-order valence-electron chi connectivity index (χ3n) is 3.56. The Bertz CT molecular complexity index is 436. The molecule has 0 radical (unpaired) electrons. The monoisotopic (exact) mass is 258 g/mol. The summed E-state index contributed by atoms with van der Waals surface area (Å²) in [6.45, 7) is 1.63. The van der Waals surface area contributed by atoms with E-state index in [0.717, 1.165) is 23.7 Å². The van der Waals surface area contributed by atoms with Crippen molar-refractivity contribution in [2.24, 2.45) is 5.92 Å². The van der Waals surface area contributed by atoms with E-state index in [2.05, 4.69) is 17.9 Å². The number of ether oxygens (including phenoxy) is 1. The zero-order valence-electron chi connectivity index (χ0n) is 11.4. The molecule has 0 atom stereocenters. The van der Waals surface area contributed by atoms with E-state index in [4.69, 9.17) is 9.84 Å². The molecule has 0 saturated heterocycles. The Labute approximate surface area is 115 Å². The zero-order chi connectivity index (χ0) is 13.3. The molecule has 2 nitrogen and oxygen atoms in total. The van der Waals surface area contributed by atoms with Crippen LogP contribution in [0.5, 0.6) is 0 Å². The summed E-state index contributed by atoms with van der Waals surface area (Å²) in [7, 11) is 0. The van der Waals surface area contributed by atoms with Crippen molar-refractivity contribution >= 4 is 0 Å². The van der Waals surface area contributed by atoms with Crippen LogP contribution >= 0.6 is 0 Å². The van der Waals surface area contributed by atoms with Crippen molar-refractivity contribution in [2.45, 2.75) is 38.7 Å². The van der Waals surface area contributed by atoms with Gasteiger partial charge in [0.1, 0.15) is 0 Å². The van der Waals surface area contributed by atoms with E-state index in [1.54, 1.807) is 0 Å². The van der Waals surface area contributed by atoms with Crippen LogP contribution in [0, 0.1) is 17.8 Å². The molecule has 1 aliphatic rings. The Kier molecular flexibility index (Phi) is 5.94. The van der Waals surface area contributed by atoms with E-state index in [0.29, 0.717) is 13.0 Å². The number of aliphatic hydroxyl groups excluding tert-OH is 1. The highest BCUT2D eigenvalue weighted by molar-refractivity contribution is 5.40. The summed E-state index contributed by atoms with van der Waals surface area (Å²) in [6, 6.07) is 8.09. The second kappa shape index (κ2) is 7.99. The molecule has 2 rings (SSSR count). The van der Waals surface area contributed by atoms with Gasteiger partial charge in [-0.15, -0.1) is 0 Å². The van der Waals surface area contributed by atoms with Gasteiger partial charge < -0.3 is 9.84 Å². The molecule has 1 fully saturated rings. The first-order valence-electron chi connectivity index (χ1n) is 7.15. The van der Waals surface area contributed by atoms with Gasteiger partial charge in [0.25, 0.3) is 0 Å². The molecule has 1 saturated carbocycles. The molecule has 1 aliphatic carbocycles. The quantitative estimate of drug-likeness (QED) is 0.822. The van der Waals surface area contributed by atoms with Crippen LogP contribution in [0.25, 0.3) is 0 Å². The minimum atomic E-state index is 0.118. The van der Waals surface area contributed by atoms with Crippen LogP contribution in [0.15, 0.2) is 24.3 Å². The van der Waals surface area contributed by atoms with E-state index in [-0.39, 0.29) is 6.61 Å². The molecule has 0 amide bonds. The van der Waals surface area contributed by atoms with E-state index in [9.17, 15) is 0 Å². The van der Waals surface area contributed by atoms with Gasteiger partial charge in [-0.25, -0.2) is 0 Å². The van der Waals surface area contributed by atoms with E-state index in [1.165, 1.54) is 25.7 Å². The fourth-order valence-electron chi connectivity index (χ4n) is 2.49. The lowest BCUT2D eigenvalue weighted by Crippen LogP contribution is -2.06. The molecular formula is C17H22O2. The van der Waals surface area contributed by atoms with Gasteiger partial charge in [0.2, 0.25) is 0 Å². The molecule has 0 bridgehead atoms. The van der Waals surface area contributed by atoms with Crippen molar-refractivity contribution in [1.82, 2.24) is 0 Å². The molecule has 1 N–H and O–H groups in total. The SMILES string of the molecule is OCCC#Cc1ccccc1COCC1CCCC1. The Morgan fingerprint density at radius 3 is 2.79 bits per heavy atom. The van der Waals surface area contributed by atoms with Crippen LogP contribution in [0.1, 0.15) is 43.2 Å². The largest absolute Gasteiger partial charge is 0.395 e. The van der Waals surface area contributed by atoms with E-state index in [1.807, 2.05) is 18.2 Å². The number of hydrogen-bond donors (Lipinski definition) is 1. The first-order chi connectivity index (χ1) is 9.40. The molecule has 1 aromatic rings. The molecule has 0 heterocycles. The van der Waals surface area contributed by atoms with Crippen LogP contribution in [0.3, 0.4) is 0 Å². The van der Waals surface area contributed by atoms with Crippen LogP contribution < -0.4 is 0 Å². The molecule has 0 spiro atoms. The van der Waals surface area contributed by atoms with Gasteiger partial charge >= 0.3 is 0 Å². The van der Waals surface area contributed by atoms with Crippen LogP contribution in [0.2, 0.25) is 0 Å². The summed E-state index contributed by atoms with van der Waals surface area (Å²) in [5, 5.41) is 8.75. The van der Waals surface area contributed by atoms with Crippen molar-refractivity contribution in [3.8, 4) is 11.8 Å². The summed E-state index contributed by atoms with van der Waals surface area (Å²) in [5.41, 5.74) is 2.16. The average molecular weight is 258 g/mol. The average Bonchev–Trinajstić information content (AvgIpc) is 2.94. The normalized spacial score (nSPS) is 15.2. The molecule has 1 aromatic carbocycles. The fraction of sp³-hybridized carbons (Fsp3) is 0.529. The van der Waals surface area contributed by atoms with Gasteiger partial charge in [-0.3, -0.25) is 0 Å². The van der Waals surface area contributed by atoms with E-state index < -0.39 is 0 Å². The lowest BCUT2D eigenvalue weighted by atomic mass is 10.1. The van der Waals surface area contributed by atoms with Crippen LogP contribution in [-0.2, 0) is 11.3 Å². The lowest BCUT2D eigenvalue weighted by Gasteiger charge is -2.10. The predicted molar refractivity (Wildman–Crippen MR) is 76.6 cm³/mol. The molecule has 0 aliphatic heterocycles. The third-order valence-corrected chi connectivity index (χ3v) is 3.56. The van der Waals surface area contributed by atoms with Crippen molar-refractivity contribution in [3.63, 3.8) is 0 Å². The molecule has 0 unspecified atom stereocenters. The van der Waals surface area contributed by atoms with E-state index >= 15 is 0 Å². The maximum Gasteiger partial charge on any atom is 0.0729 e. The second-order valence-electron chi connectivity index (χ2n) is 5.10. The summed E-state index contributed by atoms with van der Waals surface area (Å²) in [6.07, 6.45) is 5.88. The van der Waals surface area contributed by atoms with Gasteiger partial charge in [0, 0.05) is 18.6 Å². The molecule has 19 heavy (non-hydrogen) atoms. The Balaban J connectivity index is 1.86. The first kappa shape index (κ1) is 14.1. The molecule has 0 aromatic heterocycles. The van der Waals surface area contributed by atoms with Crippen molar-refractivity contribution in [3.05, 3.63) is 35.4 Å². The number of benzene rings is 1. The van der Waals surface area contributed by atoms with Crippen molar-refractivity contribution < 1.29 is 9.84 Å².